The summed E-state index contributed by atoms with van der Waals surface area (Å²) in [6.45, 7) is 28.6. The van der Waals surface area contributed by atoms with Crippen LogP contribution in [0.4, 0.5) is 0 Å². The van der Waals surface area contributed by atoms with E-state index >= 15 is 0 Å². The minimum absolute atomic E-state index is 0.0160. The summed E-state index contributed by atoms with van der Waals surface area (Å²) in [5.74, 6) is -13.5. The van der Waals surface area contributed by atoms with E-state index in [2.05, 4.69) is 84.6 Å². The SMILES string of the molecule is CCCCCC(C)[C@H]1OC(=O)CNC(=O)[C@H]([C@H](C)O)NC(=O)[C@H](CN)NC(=O)[C@H](C2CCCCC2)NC(=O)[C@H](CC(C)C)N(C)C(=O)[C@@H]1C.CCCCCC[C@H]1OC(=O)CNC(=O)[C@H]([C@H](C)O)NC(=O)C([C@H](C)N)NC(=O)[C@H](C2CCCCC2)NC(=O)[C@H](CC(C)C)N(C)C(=O)[C@@H]1C.CCCCCC[C@H]1OC[C@@H](C)NC(=O)[C@H]([C@H](C)O)NC(=O)[C@H](CN)NC(=O)[C@H](C2CCCCC2)NC(=O)[C@H](CCC)N(C)C(=O)[C@@H]1C. The number of hydrogen-bond donors (Lipinski definition) is 18. The topological polar surface area (TPSA) is 611 Å². The Bertz CT molecular complexity index is 4070. The van der Waals surface area contributed by atoms with Gasteiger partial charge >= 0.3 is 11.9 Å². The van der Waals surface area contributed by atoms with Crippen LogP contribution >= 0.6 is 0 Å². The molecule has 41 heteroatoms. The Morgan fingerprint density at radius 2 is 0.690 bits per heavy atom. The Hall–Kier alpha value is -9.29. The van der Waals surface area contributed by atoms with Gasteiger partial charge < -0.3 is 125 Å². The van der Waals surface area contributed by atoms with Crippen molar-refractivity contribution in [3.05, 3.63) is 0 Å². The van der Waals surface area contributed by atoms with Gasteiger partial charge in [-0.3, -0.25) is 81.5 Å². The maximum atomic E-state index is 14.1. The van der Waals surface area contributed by atoms with Crippen molar-refractivity contribution in [1.82, 2.24) is 78.5 Å². The molecule has 24 atom stereocenters. The maximum absolute atomic E-state index is 14.1. The molecule has 0 radical (unpaired) electrons. The molecule has 0 aromatic heterocycles. The van der Waals surface area contributed by atoms with Gasteiger partial charge in [-0.15, -0.1) is 0 Å². The number of amides is 15. The summed E-state index contributed by atoms with van der Waals surface area (Å²) in [4.78, 5) is 236. The molecule has 0 aromatic carbocycles. The lowest BCUT2D eigenvalue weighted by molar-refractivity contribution is -0.161. The van der Waals surface area contributed by atoms with Crippen LogP contribution in [-0.4, -0.2) is 306 Å². The molecule has 6 fully saturated rings. The average Bonchev–Trinajstić information content (AvgIpc) is 1.37. The van der Waals surface area contributed by atoms with Crippen LogP contribution in [0.5, 0.6) is 0 Å². The molecule has 3 saturated carbocycles. The first-order chi connectivity index (χ1) is 68.6. The molecule has 145 heavy (non-hydrogen) atoms. The van der Waals surface area contributed by atoms with Crippen LogP contribution in [-0.2, 0) is 95.7 Å². The number of carbonyl (C=O) groups is 17. The molecular formula is C104H186N18O23. The normalized spacial score (nSPS) is 29.6. The number of nitrogens with zero attached hydrogens (tertiary/aromatic N) is 3. The third kappa shape index (κ3) is 42.0. The average molecular weight is 2060 g/mol. The summed E-state index contributed by atoms with van der Waals surface area (Å²) < 4.78 is 17.9. The monoisotopic (exact) mass is 2060 g/mol. The van der Waals surface area contributed by atoms with Crippen LogP contribution in [0.2, 0.25) is 0 Å². The van der Waals surface area contributed by atoms with Gasteiger partial charge in [0.2, 0.25) is 88.6 Å². The molecule has 6 aliphatic rings. The number of aliphatic hydroxyl groups excluding tert-OH is 3. The molecule has 0 aromatic rings. The second-order valence-electron chi connectivity index (χ2n) is 42.5. The highest BCUT2D eigenvalue weighted by atomic mass is 16.6. The van der Waals surface area contributed by atoms with Crippen LogP contribution in [0.3, 0.4) is 0 Å². The number of ether oxygens (including phenoxy) is 3. The molecule has 15 amide bonds. The Labute approximate surface area is 861 Å². The molecule has 2 unspecified atom stereocenters. The fraction of sp³-hybridized carbons (Fsp3) is 0.837. The van der Waals surface area contributed by atoms with Gasteiger partial charge in [-0.2, -0.15) is 0 Å². The van der Waals surface area contributed by atoms with Gasteiger partial charge in [0.15, 0.2) is 0 Å². The van der Waals surface area contributed by atoms with Crippen LogP contribution in [0.15, 0.2) is 0 Å². The summed E-state index contributed by atoms with van der Waals surface area (Å²) >= 11 is 0. The number of likely N-dealkylation sites (N-methyl/N-ethyl adjacent to an activating group) is 3. The number of aliphatic hydroxyl groups is 3. The third-order valence-corrected chi connectivity index (χ3v) is 29.0. The van der Waals surface area contributed by atoms with Gasteiger partial charge in [-0.05, 0) is 154 Å². The van der Waals surface area contributed by atoms with Crippen molar-refractivity contribution in [2.75, 3.05) is 53.9 Å². The Morgan fingerprint density at radius 3 is 1.07 bits per heavy atom. The van der Waals surface area contributed by atoms with Crippen molar-refractivity contribution in [2.24, 2.45) is 70.5 Å². The minimum Gasteiger partial charge on any atom is -0.460 e. The molecule has 3 saturated heterocycles. The van der Waals surface area contributed by atoms with E-state index in [1.807, 2.05) is 41.5 Å². The van der Waals surface area contributed by atoms with Crippen molar-refractivity contribution in [3.8, 4) is 0 Å². The fourth-order valence-electron chi connectivity index (χ4n) is 20.0. The smallest absolute Gasteiger partial charge is 0.325 e. The van der Waals surface area contributed by atoms with Gasteiger partial charge in [0.05, 0.1) is 48.8 Å². The summed E-state index contributed by atoms with van der Waals surface area (Å²) in [6.07, 6.45) is 20.1. The quantitative estimate of drug-likeness (QED) is 0.0358. The lowest BCUT2D eigenvalue weighted by Gasteiger charge is -2.36. The van der Waals surface area contributed by atoms with Crippen molar-refractivity contribution in [1.29, 1.82) is 0 Å². The van der Waals surface area contributed by atoms with E-state index < -0.39 is 247 Å². The number of hydrogen-bond acceptors (Lipinski definition) is 26. The predicted octanol–water partition coefficient (Wildman–Crippen LogP) is 3.90. The summed E-state index contributed by atoms with van der Waals surface area (Å²) in [7, 11) is 4.72. The third-order valence-electron chi connectivity index (χ3n) is 29.0. The van der Waals surface area contributed by atoms with Crippen molar-refractivity contribution in [2.45, 2.75) is 451 Å². The standard InChI is InChI=1S/2C35H62N6O8.C34H62N6O7/c1-8-9-11-14-21(4)30-22(5)35(48)41(7)26(17-20(2)3)32(45)40-29(24-15-12-10-13-16-24)34(47)38-25(18-36)31(44)39-28(23(6)42)33(46)37-19-27(43)49-30;1-8-9-10-14-17-26-21(4)35(48)41(7)25(18-20(2)3)31(44)40-30(24-15-12-11-13-16-24)34(47)38-28(22(5)36)33(46)39-29(23(6)42)32(45)37-19-27(43)49-26;1-7-9-10-14-18-27-22(4)34(46)40(6)26(15-8-2)31(43)39-29(24-16-12-11-13-17-24)33(45)37-25(19-35)30(42)38-28(23(5)41)32(44)36-21(3)20-47-27/h20-26,28-30,42H,8-19,36H2,1-7H3,(H,37,46)(H,38,47)(H,39,44)(H,40,45);20-26,28-30,42H,8-19,36H2,1-7H3,(H,37,45)(H,38,47)(H,39,46)(H,40,44);21-29,41H,7-20,35H2,1-6H3,(H,36,44)(H,37,45)(H,38,42)(H,39,43)/t21?,22-,23+,25+,26+,28+,29+,30-;21-,22+,23+,25+,26-,28?,29+,30+;21-,22-,23+,25+,26+,27-,28+,29+/m111/s1. The second-order valence-corrected chi connectivity index (χ2v) is 42.5. The molecule has 3 aliphatic heterocycles. The molecule has 0 bridgehead atoms. The summed E-state index contributed by atoms with van der Waals surface area (Å²) in [5, 5.41) is 63.1. The van der Waals surface area contributed by atoms with E-state index in [0.717, 1.165) is 135 Å². The van der Waals surface area contributed by atoms with Crippen LogP contribution in [0.1, 0.15) is 330 Å². The van der Waals surface area contributed by atoms with Crippen LogP contribution in [0.25, 0.3) is 0 Å². The van der Waals surface area contributed by atoms with Gasteiger partial charge in [0.25, 0.3) is 0 Å². The van der Waals surface area contributed by atoms with E-state index in [0.29, 0.717) is 77.0 Å². The van der Waals surface area contributed by atoms with E-state index in [9.17, 15) is 96.8 Å². The van der Waals surface area contributed by atoms with Crippen molar-refractivity contribution < 1.29 is 111 Å². The molecule has 3 heterocycles. The highest BCUT2D eigenvalue weighted by Gasteiger charge is 2.47. The van der Waals surface area contributed by atoms with Crippen molar-refractivity contribution in [3.63, 3.8) is 0 Å². The fourth-order valence-corrected chi connectivity index (χ4v) is 20.0. The highest BCUT2D eigenvalue weighted by Crippen LogP contribution is 2.34. The molecule has 21 N–H and O–H groups in total. The Morgan fingerprint density at radius 1 is 0.352 bits per heavy atom. The van der Waals surface area contributed by atoms with Gasteiger partial charge in [0, 0.05) is 46.3 Å². The number of nitrogens with one attached hydrogen (secondary N) is 12. The first-order valence-corrected chi connectivity index (χ1v) is 54.2. The molecule has 41 nitrogen and oxygen atoms in total. The lowest BCUT2D eigenvalue weighted by atomic mass is 9.83. The van der Waals surface area contributed by atoms with E-state index in [1.165, 1.54) is 42.4 Å². The molecule has 6 rings (SSSR count). The number of nitrogens with two attached hydrogens (primary N) is 3. The van der Waals surface area contributed by atoms with Gasteiger partial charge in [0.1, 0.15) is 97.8 Å². The first kappa shape index (κ1) is 128. The highest BCUT2D eigenvalue weighted by molar-refractivity contribution is 6.00. The Kier molecular flexibility index (Phi) is 58.5. The zero-order chi connectivity index (χ0) is 109. The van der Waals surface area contributed by atoms with Gasteiger partial charge in [-0.1, -0.05) is 212 Å². The maximum Gasteiger partial charge on any atom is 0.325 e. The Balaban J connectivity index is 0.000000453. The molecule has 830 valence electrons. The van der Waals surface area contributed by atoms with E-state index in [1.54, 1.807) is 48.8 Å². The zero-order valence-electron chi connectivity index (χ0n) is 90.7. The number of unbranched alkanes of at least 4 members (excludes halogenated alkanes) is 8. The zero-order valence-corrected chi connectivity index (χ0v) is 90.7. The van der Waals surface area contributed by atoms with Crippen LogP contribution < -0.4 is 81.0 Å². The minimum atomic E-state index is -1.48. The molecular weight excluding hydrogens is 1870 g/mol. The number of cyclic esters (lactones) is 2. The summed E-state index contributed by atoms with van der Waals surface area (Å²) in [6, 6.07) is -15.2. The molecule has 3 aliphatic carbocycles. The molecule has 0 spiro atoms. The van der Waals surface area contributed by atoms with Crippen molar-refractivity contribution >= 4 is 101 Å². The van der Waals surface area contributed by atoms with E-state index in [-0.39, 0.29) is 61.1 Å². The van der Waals surface area contributed by atoms with Gasteiger partial charge in [-0.25, -0.2) is 0 Å². The predicted molar refractivity (Wildman–Crippen MR) is 549 cm³/mol. The number of rotatable bonds is 30. The van der Waals surface area contributed by atoms with Crippen LogP contribution in [0, 0.1) is 53.3 Å². The summed E-state index contributed by atoms with van der Waals surface area (Å²) in [5.41, 5.74) is 17.9. The second kappa shape index (κ2) is 66.2. The van der Waals surface area contributed by atoms with E-state index in [4.69, 9.17) is 31.4 Å². The largest absolute Gasteiger partial charge is 0.460 e. The number of esters is 2. The lowest BCUT2D eigenvalue weighted by Crippen LogP contribution is -2.64. The first-order valence-electron chi connectivity index (χ1n) is 54.2. The number of carbonyl (C=O) groups excluding carboxylic acids is 17.